The van der Waals surface area contributed by atoms with Gasteiger partial charge < -0.3 is 14.7 Å². The third kappa shape index (κ3) is 3.10. The topological polar surface area (TPSA) is 58.0 Å². The van der Waals surface area contributed by atoms with Gasteiger partial charge in [0.05, 0.1) is 0 Å². The highest BCUT2D eigenvalue weighted by molar-refractivity contribution is 7.10. The molecule has 25 heavy (non-hydrogen) atoms. The lowest BCUT2D eigenvalue weighted by atomic mass is 9.96. The van der Waals surface area contributed by atoms with Crippen LogP contribution in [0.2, 0.25) is 0 Å². The second-order valence-corrected chi connectivity index (χ2v) is 6.96. The van der Waals surface area contributed by atoms with Crippen molar-refractivity contribution in [1.82, 2.24) is 10.3 Å². The fourth-order valence-electron chi connectivity index (χ4n) is 3.07. The number of aromatic amines is 1. The van der Waals surface area contributed by atoms with Gasteiger partial charge in [0.2, 0.25) is 0 Å². The number of hydrogen-bond donors (Lipinski definition) is 2. The number of furan rings is 1. The summed E-state index contributed by atoms with van der Waals surface area (Å²) in [6.45, 7) is 2.35. The molecule has 3 aromatic heterocycles. The summed E-state index contributed by atoms with van der Waals surface area (Å²) in [5.74, 6) is 0.989. The number of para-hydroxylation sites is 1. The molecule has 2 N–H and O–H groups in total. The van der Waals surface area contributed by atoms with Gasteiger partial charge in [0.25, 0.3) is 5.91 Å². The molecule has 0 aliphatic heterocycles. The third-order valence-corrected chi connectivity index (χ3v) is 5.30. The average molecular weight is 350 g/mol. The van der Waals surface area contributed by atoms with E-state index in [0.717, 1.165) is 11.3 Å². The molecule has 0 fully saturated rings. The van der Waals surface area contributed by atoms with Crippen LogP contribution in [0.1, 0.15) is 32.7 Å². The second kappa shape index (κ2) is 6.61. The van der Waals surface area contributed by atoms with E-state index in [1.54, 1.807) is 23.5 Å². The maximum absolute atomic E-state index is 12.4. The number of carbonyl (C=O) groups is 1. The molecule has 4 rings (SSSR count). The molecular weight excluding hydrogens is 332 g/mol. The summed E-state index contributed by atoms with van der Waals surface area (Å²) in [7, 11) is 0. The molecule has 5 heteroatoms. The Kier molecular flexibility index (Phi) is 4.15. The van der Waals surface area contributed by atoms with E-state index in [-0.39, 0.29) is 11.8 Å². The fraction of sp³-hybridized carbons (Fsp3) is 0.150. The lowest BCUT2D eigenvalue weighted by Gasteiger charge is -2.16. The molecule has 4 aromatic rings. The van der Waals surface area contributed by atoms with Crippen molar-refractivity contribution in [2.75, 3.05) is 6.54 Å². The number of carbonyl (C=O) groups excluding carboxylic acids is 1. The van der Waals surface area contributed by atoms with E-state index in [1.165, 1.54) is 15.8 Å². The number of amides is 1. The predicted octanol–water partition coefficient (Wildman–Crippen LogP) is 4.69. The van der Waals surface area contributed by atoms with Crippen molar-refractivity contribution in [3.8, 4) is 0 Å². The highest BCUT2D eigenvalue weighted by Crippen LogP contribution is 2.32. The van der Waals surface area contributed by atoms with E-state index in [9.17, 15) is 4.79 Å². The van der Waals surface area contributed by atoms with Gasteiger partial charge in [-0.15, -0.1) is 11.3 Å². The van der Waals surface area contributed by atoms with Gasteiger partial charge in [0.1, 0.15) is 5.76 Å². The van der Waals surface area contributed by atoms with E-state index < -0.39 is 0 Å². The Morgan fingerprint density at radius 1 is 1.20 bits per heavy atom. The Bertz CT molecular complexity index is 998. The Morgan fingerprint density at radius 3 is 2.84 bits per heavy atom. The number of benzene rings is 1. The largest absolute Gasteiger partial charge is 0.456 e. The molecule has 0 aliphatic rings. The number of H-pyrrole nitrogens is 1. The zero-order valence-corrected chi connectivity index (χ0v) is 14.6. The molecule has 1 atom stereocenters. The van der Waals surface area contributed by atoms with Crippen LogP contribution >= 0.6 is 11.3 Å². The van der Waals surface area contributed by atoms with Gasteiger partial charge in [-0.3, -0.25) is 4.79 Å². The summed E-state index contributed by atoms with van der Waals surface area (Å²) in [6, 6.07) is 15.9. The van der Waals surface area contributed by atoms with Crippen molar-refractivity contribution in [2.45, 2.75) is 12.8 Å². The van der Waals surface area contributed by atoms with Gasteiger partial charge in [-0.05, 0) is 42.1 Å². The van der Waals surface area contributed by atoms with Crippen molar-refractivity contribution in [3.63, 3.8) is 0 Å². The van der Waals surface area contributed by atoms with Gasteiger partial charge in [0.15, 0.2) is 5.76 Å². The van der Waals surface area contributed by atoms with E-state index in [4.69, 9.17) is 4.42 Å². The van der Waals surface area contributed by atoms with Crippen LogP contribution < -0.4 is 5.32 Å². The minimum absolute atomic E-state index is 0.0937. The Morgan fingerprint density at radius 2 is 2.08 bits per heavy atom. The standard InChI is InChI=1S/C20H18N2O2S/c1-13-8-9-18(24-13)20(23)22-12-16(19-7-4-10-25-19)15-11-21-17-6-3-2-5-14(15)17/h2-11,16,21H,12H2,1H3,(H,22,23)/t16-/m0/s1. The molecular formula is C20H18N2O2S. The van der Waals surface area contributed by atoms with Gasteiger partial charge >= 0.3 is 0 Å². The van der Waals surface area contributed by atoms with Gasteiger partial charge in [-0.1, -0.05) is 24.3 Å². The summed E-state index contributed by atoms with van der Waals surface area (Å²) in [6.07, 6.45) is 2.04. The van der Waals surface area contributed by atoms with E-state index in [0.29, 0.717) is 12.3 Å². The van der Waals surface area contributed by atoms with E-state index in [1.807, 2.05) is 31.3 Å². The molecule has 0 aliphatic carbocycles. The van der Waals surface area contributed by atoms with Crippen LogP contribution in [0.3, 0.4) is 0 Å². The first-order chi connectivity index (χ1) is 12.2. The Balaban J connectivity index is 1.62. The Hall–Kier alpha value is -2.79. The van der Waals surface area contributed by atoms with Crippen molar-refractivity contribution in [2.24, 2.45) is 0 Å². The smallest absolute Gasteiger partial charge is 0.287 e. The summed E-state index contributed by atoms with van der Waals surface area (Å²) >= 11 is 1.70. The van der Waals surface area contributed by atoms with Crippen LogP contribution in [-0.4, -0.2) is 17.4 Å². The summed E-state index contributed by atoms with van der Waals surface area (Å²) in [5, 5.41) is 6.26. The minimum Gasteiger partial charge on any atom is -0.456 e. The Labute approximate surface area is 149 Å². The van der Waals surface area contributed by atoms with Crippen LogP contribution in [0, 0.1) is 6.92 Å². The van der Waals surface area contributed by atoms with E-state index >= 15 is 0 Å². The molecule has 1 aromatic carbocycles. The third-order valence-electron chi connectivity index (χ3n) is 4.31. The first-order valence-corrected chi connectivity index (χ1v) is 9.04. The minimum atomic E-state index is -0.186. The fourth-order valence-corrected chi connectivity index (χ4v) is 3.92. The summed E-state index contributed by atoms with van der Waals surface area (Å²) in [4.78, 5) is 16.9. The van der Waals surface area contributed by atoms with Crippen LogP contribution in [0.15, 0.2) is 64.5 Å². The quantitative estimate of drug-likeness (QED) is 0.548. The lowest BCUT2D eigenvalue weighted by molar-refractivity contribution is 0.0923. The summed E-state index contributed by atoms with van der Waals surface area (Å²) < 4.78 is 5.41. The number of rotatable bonds is 5. The van der Waals surface area contributed by atoms with Crippen molar-refractivity contribution < 1.29 is 9.21 Å². The number of nitrogens with one attached hydrogen (secondary N) is 2. The molecule has 0 bridgehead atoms. The molecule has 0 unspecified atom stereocenters. The summed E-state index contributed by atoms with van der Waals surface area (Å²) in [5.41, 5.74) is 2.29. The molecule has 4 nitrogen and oxygen atoms in total. The van der Waals surface area contributed by atoms with Gasteiger partial charge in [-0.25, -0.2) is 0 Å². The van der Waals surface area contributed by atoms with Gasteiger partial charge in [0, 0.05) is 34.4 Å². The average Bonchev–Trinajstić information content (AvgIpc) is 3.36. The highest BCUT2D eigenvalue weighted by Gasteiger charge is 2.21. The number of aromatic nitrogens is 1. The lowest BCUT2D eigenvalue weighted by Crippen LogP contribution is -2.28. The number of aryl methyl sites for hydroxylation is 1. The van der Waals surface area contributed by atoms with Crippen molar-refractivity contribution >= 4 is 28.1 Å². The van der Waals surface area contributed by atoms with E-state index in [2.05, 4.69) is 33.9 Å². The maximum atomic E-state index is 12.4. The van der Waals surface area contributed by atoms with Gasteiger partial charge in [-0.2, -0.15) is 0 Å². The normalized spacial score (nSPS) is 12.4. The van der Waals surface area contributed by atoms with Crippen LogP contribution in [0.4, 0.5) is 0 Å². The number of thiophene rings is 1. The first-order valence-electron chi connectivity index (χ1n) is 8.16. The SMILES string of the molecule is Cc1ccc(C(=O)NC[C@H](c2cccs2)c2c[nH]c3ccccc23)o1. The molecule has 0 saturated carbocycles. The predicted molar refractivity (Wildman–Crippen MR) is 100 cm³/mol. The molecule has 0 radical (unpaired) electrons. The van der Waals surface area contributed by atoms with Crippen LogP contribution in [0.5, 0.6) is 0 Å². The second-order valence-electron chi connectivity index (χ2n) is 5.98. The zero-order valence-electron chi connectivity index (χ0n) is 13.8. The molecule has 3 heterocycles. The number of hydrogen-bond acceptors (Lipinski definition) is 3. The maximum Gasteiger partial charge on any atom is 0.287 e. The van der Waals surface area contributed by atoms with Crippen molar-refractivity contribution in [1.29, 1.82) is 0 Å². The number of fused-ring (bicyclic) bond motifs is 1. The zero-order chi connectivity index (χ0) is 17.2. The van der Waals surface area contributed by atoms with Crippen LogP contribution in [0.25, 0.3) is 10.9 Å². The molecule has 1 amide bonds. The first kappa shape index (κ1) is 15.7. The van der Waals surface area contributed by atoms with Crippen LogP contribution in [-0.2, 0) is 0 Å². The molecule has 126 valence electrons. The van der Waals surface area contributed by atoms with Crippen molar-refractivity contribution in [3.05, 3.63) is 82.1 Å². The molecule has 0 saturated heterocycles. The highest BCUT2D eigenvalue weighted by atomic mass is 32.1. The monoisotopic (exact) mass is 350 g/mol. The molecule has 0 spiro atoms.